The molecular formula is C32H37N7O3. The van der Waals surface area contributed by atoms with Crippen LogP contribution in [0.2, 0.25) is 0 Å². The number of para-hydroxylation sites is 1. The number of anilines is 6. The molecule has 0 aliphatic carbocycles. The fourth-order valence-electron chi connectivity index (χ4n) is 4.96. The summed E-state index contributed by atoms with van der Waals surface area (Å²) in [6.07, 6.45) is 1.62. The number of urea groups is 1. The molecule has 1 aromatic heterocycles. The highest BCUT2D eigenvalue weighted by molar-refractivity contribution is 6.08. The number of nitrogens with one attached hydrogen (secondary N) is 2. The largest absolute Gasteiger partial charge is 0.497 e. The van der Waals surface area contributed by atoms with Crippen molar-refractivity contribution in [2.75, 3.05) is 67.9 Å². The second kappa shape index (κ2) is 12.8. The number of aryl methyl sites for hydroxylation is 2. The standard InChI is InChI=1S/C32H37N7O3/c1-22-7-6-8-23(2)30(22)36-32(40)39(27-14-13-26(41-4)21-28(27)42-5)29-15-16-33-31(35-29)34-24-9-11-25(12-10-24)38-19-17-37(3)18-20-38/h6-16,21H,17-20H2,1-5H3,(H,36,40)(H,33,34,35). The van der Waals surface area contributed by atoms with Crippen LogP contribution in [0.3, 0.4) is 0 Å². The van der Waals surface area contributed by atoms with Gasteiger partial charge in [0.25, 0.3) is 0 Å². The third kappa shape index (κ3) is 6.39. The number of rotatable bonds is 8. The Bertz CT molecular complexity index is 1520. The molecule has 1 saturated heterocycles. The molecule has 10 nitrogen and oxygen atoms in total. The van der Waals surface area contributed by atoms with Crippen molar-refractivity contribution in [2.45, 2.75) is 13.8 Å². The zero-order valence-corrected chi connectivity index (χ0v) is 24.7. The van der Waals surface area contributed by atoms with Gasteiger partial charge >= 0.3 is 6.03 Å². The minimum absolute atomic E-state index is 0.359. The Balaban J connectivity index is 1.45. The van der Waals surface area contributed by atoms with Crippen LogP contribution in [0.4, 0.5) is 39.3 Å². The minimum atomic E-state index is -0.392. The van der Waals surface area contributed by atoms with E-state index in [0.29, 0.717) is 29.0 Å². The van der Waals surface area contributed by atoms with Crippen LogP contribution in [0.5, 0.6) is 11.5 Å². The molecule has 218 valence electrons. The zero-order valence-electron chi connectivity index (χ0n) is 24.7. The van der Waals surface area contributed by atoms with E-state index < -0.39 is 6.03 Å². The molecule has 1 aliphatic heterocycles. The summed E-state index contributed by atoms with van der Waals surface area (Å²) in [4.78, 5) is 29.3. The number of methoxy groups -OCH3 is 2. The van der Waals surface area contributed by atoms with E-state index in [-0.39, 0.29) is 0 Å². The number of nitrogens with zero attached hydrogens (tertiary/aromatic N) is 5. The summed E-state index contributed by atoms with van der Waals surface area (Å²) in [5, 5.41) is 6.36. The maximum absolute atomic E-state index is 14.0. The van der Waals surface area contributed by atoms with Gasteiger partial charge in [-0.2, -0.15) is 4.98 Å². The molecule has 0 atom stereocenters. The van der Waals surface area contributed by atoms with Crippen molar-refractivity contribution in [3.8, 4) is 11.5 Å². The van der Waals surface area contributed by atoms with Crippen LogP contribution < -0.4 is 29.9 Å². The van der Waals surface area contributed by atoms with Crippen LogP contribution >= 0.6 is 0 Å². The van der Waals surface area contributed by atoms with Gasteiger partial charge in [-0.3, -0.25) is 0 Å². The molecule has 10 heteroatoms. The molecular weight excluding hydrogens is 530 g/mol. The number of ether oxygens (including phenoxy) is 2. The second-order valence-electron chi connectivity index (χ2n) is 10.3. The van der Waals surface area contributed by atoms with Gasteiger partial charge in [0.15, 0.2) is 0 Å². The van der Waals surface area contributed by atoms with E-state index in [1.165, 1.54) is 10.6 Å². The molecule has 1 fully saturated rings. The lowest BCUT2D eigenvalue weighted by atomic mass is 10.1. The number of hydrogen-bond acceptors (Lipinski definition) is 8. The smallest absolute Gasteiger partial charge is 0.332 e. The highest BCUT2D eigenvalue weighted by atomic mass is 16.5. The Labute approximate surface area is 246 Å². The fraction of sp³-hybridized carbons (Fsp3) is 0.281. The summed E-state index contributed by atoms with van der Waals surface area (Å²) in [6.45, 7) is 8.03. The number of benzene rings is 3. The van der Waals surface area contributed by atoms with Crippen molar-refractivity contribution in [1.29, 1.82) is 0 Å². The van der Waals surface area contributed by atoms with Crippen molar-refractivity contribution in [3.05, 3.63) is 84.1 Å². The number of likely N-dealkylation sites (N-methyl/N-ethyl adjacent to an activating group) is 1. The highest BCUT2D eigenvalue weighted by Gasteiger charge is 2.25. The number of aromatic nitrogens is 2. The summed E-state index contributed by atoms with van der Waals surface area (Å²) in [7, 11) is 5.29. The van der Waals surface area contributed by atoms with Crippen molar-refractivity contribution >= 4 is 40.5 Å². The Morgan fingerprint density at radius 2 is 1.62 bits per heavy atom. The van der Waals surface area contributed by atoms with Crippen LogP contribution in [0.1, 0.15) is 11.1 Å². The van der Waals surface area contributed by atoms with E-state index in [1.807, 2.05) is 44.2 Å². The van der Waals surface area contributed by atoms with Crippen LogP contribution in [-0.4, -0.2) is 68.3 Å². The fourth-order valence-corrected chi connectivity index (χ4v) is 4.96. The lowest BCUT2D eigenvalue weighted by Gasteiger charge is -2.34. The maximum Gasteiger partial charge on any atom is 0.332 e. The third-order valence-corrected chi connectivity index (χ3v) is 7.41. The number of hydrogen-bond donors (Lipinski definition) is 2. The highest BCUT2D eigenvalue weighted by Crippen LogP contribution is 2.37. The molecule has 2 amide bonds. The molecule has 0 bridgehead atoms. The lowest BCUT2D eigenvalue weighted by molar-refractivity contribution is 0.258. The summed E-state index contributed by atoms with van der Waals surface area (Å²) in [5.41, 5.74) is 5.18. The SMILES string of the molecule is COc1ccc(N(C(=O)Nc2c(C)cccc2C)c2ccnc(Nc3ccc(N4CCN(C)CC4)cc3)n2)c(OC)c1. The second-order valence-corrected chi connectivity index (χ2v) is 10.3. The summed E-state index contributed by atoms with van der Waals surface area (Å²) in [6, 6.07) is 20.7. The summed E-state index contributed by atoms with van der Waals surface area (Å²) < 4.78 is 11.0. The summed E-state index contributed by atoms with van der Waals surface area (Å²) >= 11 is 0. The van der Waals surface area contributed by atoms with Crippen molar-refractivity contribution in [1.82, 2.24) is 14.9 Å². The number of piperazine rings is 1. The van der Waals surface area contributed by atoms with Crippen molar-refractivity contribution in [3.63, 3.8) is 0 Å². The van der Waals surface area contributed by atoms with Gasteiger partial charge in [0.05, 0.1) is 19.9 Å². The van der Waals surface area contributed by atoms with Crippen LogP contribution in [0, 0.1) is 13.8 Å². The molecule has 0 saturated carbocycles. The quantitative estimate of drug-likeness (QED) is 0.269. The predicted molar refractivity (Wildman–Crippen MR) is 168 cm³/mol. The van der Waals surface area contributed by atoms with Crippen LogP contribution in [0.25, 0.3) is 0 Å². The molecule has 4 aromatic rings. The number of carbonyl (C=O) groups is 1. The van der Waals surface area contributed by atoms with Gasteiger partial charge in [0.1, 0.15) is 17.3 Å². The Hall–Kier alpha value is -4.83. The molecule has 1 aliphatic rings. The van der Waals surface area contributed by atoms with E-state index in [4.69, 9.17) is 14.5 Å². The third-order valence-electron chi connectivity index (χ3n) is 7.41. The topological polar surface area (TPSA) is 95.1 Å². The van der Waals surface area contributed by atoms with E-state index in [2.05, 4.69) is 44.6 Å². The normalized spacial score (nSPS) is 13.4. The van der Waals surface area contributed by atoms with Crippen molar-refractivity contribution in [2.24, 2.45) is 0 Å². The first-order valence-corrected chi connectivity index (χ1v) is 13.9. The van der Waals surface area contributed by atoms with Crippen LogP contribution in [0.15, 0.2) is 72.9 Å². The molecule has 0 spiro atoms. The molecule has 0 radical (unpaired) electrons. The van der Waals surface area contributed by atoms with Crippen molar-refractivity contribution < 1.29 is 14.3 Å². The lowest BCUT2D eigenvalue weighted by Crippen LogP contribution is -2.44. The first kappa shape index (κ1) is 28.7. The van der Waals surface area contributed by atoms with E-state index in [9.17, 15) is 4.79 Å². The molecule has 5 rings (SSSR count). The van der Waals surface area contributed by atoms with Gasteiger partial charge < -0.3 is 29.9 Å². The van der Waals surface area contributed by atoms with Gasteiger partial charge in [-0.1, -0.05) is 18.2 Å². The number of amides is 2. The monoisotopic (exact) mass is 567 g/mol. The van der Waals surface area contributed by atoms with Gasteiger partial charge in [0, 0.05) is 61.6 Å². The molecule has 0 unspecified atom stereocenters. The maximum atomic E-state index is 14.0. The Morgan fingerprint density at radius 1 is 0.905 bits per heavy atom. The average molecular weight is 568 g/mol. The summed E-state index contributed by atoms with van der Waals surface area (Å²) in [5.74, 6) is 1.79. The molecule has 2 heterocycles. The van der Waals surface area contributed by atoms with Gasteiger partial charge in [-0.25, -0.2) is 14.7 Å². The average Bonchev–Trinajstić information content (AvgIpc) is 3.00. The number of carbonyl (C=O) groups excluding carboxylic acids is 1. The molecule has 42 heavy (non-hydrogen) atoms. The van der Waals surface area contributed by atoms with Gasteiger partial charge in [0.2, 0.25) is 5.95 Å². The zero-order chi connectivity index (χ0) is 29.6. The Morgan fingerprint density at radius 3 is 2.29 bits per heavy atom. The minimum Gasteiger partial charge on any atom is -0.497 e. The van der Waals surface area contributed by atoms with E-state index >= 15 is 0 Å². The van der Waals surface area contributed by atoms with Gasteiger partial charge in [-0.15, -0.1) is 0 Å². The molecule has 3 aromatic carbocycles. The predicted octanol–water partition coefficient (Wildman–Crippen LogP) is 5.98. The Kier molecular flexibility index (Phi) is 8.73. The van der Waals surface area contributed by atoms with E-state index in [0.717, 1.165) is 48.7 Å². The first-order chi connectivity index (χ1) is 20.4. The first-order valence-electron chi connectivity index (χ1n) is 13.9. The van der Waals surface area contributed by atoms with Crippen LogP contribution in [-0.2, 0) is 0 Å². The molecule has 2 N–H and O–H groups in total. The van der Waals surface area contributed by atoms with Gasteiger partial charge in [-0.05, 0) is 68.4 Å². The van der Waals surface area contributed by atoms with E-state index in [1.54, 1.807) is 44.7 Å².